The molecule has 0 saturated carbocycles. The van der Waals surface area contributed by atoms with E-state index in [1.54, 1.807) is 0 Å². The highest BCUT2D eigenvalue weighted by atomic mass is 14.0. The highest BCUT2D eigenvalue weighted by Crippen LogP contribution is 2.08. The van der Waals surface area contributed by atoms with Gasteiger partial charge in [0.1, 0.15) is 0 Å². The Hall–Kier alpha value is 0. The molecule has 0 amide bonds. The molecule has 0 aromatic heterocycles. The van der Waals surface area contributed by atoms with E-state index in [9.17, 15) is 0 Å². The van der Waals surface area contributed by atoms with Crippen LogP contribution in [0.3, 0.4) is 0 Å². The van der Waals surface area contributed by atoms with Gasteiger partial charge in [-0.15, -0.1) is 0 Å². The van der Waals surface area contributed by atoms with E-state index >= 15 is 0 Å². The Balaban J connectivity index is -0.00000000611. The first-order valence-corrected chi connectivity index (χ1v) is 52.8. The summed E-state index contributed by atoms with van der Waals surface area (Å²) >= 11 is 0. The van der Waals surface area contributed by atoms with Crippen molar-refractivity contribution in [1.82, 2.24) is 0 Å². The van der Waals surface area contributed by atoms with Crippen LogP contribution in [-0.4, -0.2) is 0 Å². The van der Waals surface area contributed by atoms with Gasteiger partial charge < -0.3 is 0 Å². The molecular weight excluding hydrogens is 1290 g/mol. The van der Waals surface area contributed by atoms with Gasteiger partial charge in [-0.1, -0.05) is 733 Å². The summed E-state index contributed by atoms with van der Waals surface area (Å²) < 4.78 is 0. The smallest absolute Gasteiger partial charge is 0.0411 e. The molecule has 0 aliphatic rings. The van der Waals surface area contributed by atoms with Crippen LogP contribution in [0.4, 0.5) is 0 Å². The van der Waals surface area contributed by atoms with Crippen LogP contribution in [0.15, 0.2) is 0 Å². The molecule has 0 spiro atoms. The van der Waals surface area contributed by atoms with Gasteiger partial charge in [-0.25, -0.2) is 0 Å². The van der Waals surface area contributed by atoms with Crippen molar-refractivity contribution in [2.75, 3.05) is 0 Å². The summed E-state index contributed by atoms with van der Waals surface area (Å²) in [5.74, 6) is 0. The number of hydrogen-bond donors (Lipinski definition) is 0. The van der Waals surface area contributed by atoms with Crippen LogP contribution < -0.4 is 0 Å². The molecule has 107 heavy (non-hydrogen) atoms. The fourth-order valence-corrected chi connectivity index (χ4v) is 0. The van der Waals surface area contributed by atoms with E-state index in [1.807, 2.05) is 665 Å². The van der Waals surface area contributed by atoms with Gasteiger partial charge >= 0.3 is 0 Å². The summed E-state index contributed by atoms with van der Waals surface area (Å²) in [6.45, 7) is 209. The molecule has 0 heteroatoms. The average Bonchev–Trinajstić information content (AvgIpc) is 3.87. The quantitative estimate of drug-likeness (QED) is 0.227. The van der Waals surface area contributed by atoms with E-state index in [2.05, 4.69) is 55.4 Å². The van der Waals surface area contributed by atoms with Gasteiger partial charge in [0, 0.05) is 0 Å². The third kappa shape index (κ3) is 0. The van der Waals surface area contributed by atoms with Gasteiger partial charge in [-0.2, -0.15) is 0 Å². The second kappa shape index (κ2) is 18300. The lowest BCUT2D eigenvalue weighted by molar-refractivity contribution is 0.469. The summed E-state index contributed by atoms with van der Waals surface area (Å²) in [6.07, 6.45) is 2.50. The van der Waals surface area contributed by atoms with Gasteiger partial charge in [0.25, 0.3) is 0 Å². The molecule has 0 N–H and O–H groups in total. The molecule has 0 aromatic rings. The molecule has 0 atom stereocenters. The van der Waals surface area contributed by atoms with E-state index < -0.39 is 0 Å². The average molecular weight is 1600 g/mol. The van der Waals surface area contributed by atoms with Crippen molar-refractivity contribution >= 4 is 0 Å². The monoisotopic (exact) mass is 1600 g/mol. The Morgan fingerprint density at radius 3 is 0.0748 bits per heavy atom. The summed E-state index contributed by atoms with van der Waals surface area (Å²) in [5.41, 5.74) is 0.500. The van der Waals surface area contributed by atoms with Gasteiger partial charge in [-0.3, -0.25) is 0 Å². The zero-order valence-corrected chi connectivity index (χ0v) is 106. The molecule has 0 aromatic carbocycles. The minimum Gasteiger partial charge on any atom is -0.0683 e. The van der Waals surface area contributed by atoms with Crippen LogP contribution >= 0.6 is 0 Å². The summed E-state index contributed by atoms with van der Waals surface area (Å²) in [5, 5.41) is 0. The molecule has 0 rings (SSSR count). The molecule has 0 heterocycles. The maximum Gasteiger partial charge on any atom is -0.0411 e. The highest BCUT2D eigenvalue weighted by molar-refractivity contribution is 4.47. The maximum absolute atomic E-state index is 2.19. The van der Waals surface area contributed by atoms with Crippen LogP contribution in [0.2, 0.25) is 0 Å². The Kier molecular flexibility index (Phi) is 65400. The maximum atomic E-state index is 2.19. The minimum atomic E-state index is 0.500. The zero-order valence-electron chi connectivity index (χ0n) is 106. The predicted molar refractivity (Wildman–Crippen MR) is 602 cm³/mol. The van der Waals surface area contributed by atoms with Gasteiger partial charge in [-0.05, 0) is 5.41 Å². The Morgan fingerprint density at radius 1 is 0.0748 bits per heavy atom. The van der Waals surface area contributed by atoms with Crippen molar-refractivity contribution in [3.63, 3.8) is 0 Å². The fourth-order valence-electron chi connectivity index (χ4n) is 0. The van der Waals surface area contributed by atoms with E-state index in [0.29, 0.717) is 5.41 Å². The molecule has 0 unspecified atom stereocenters. The SMILES string of the molecule is CC.CC.CC.CC.CC.CC.CC.CC.CC.CC.CC.CC.CC.CC.CC.CC.CC.CC.CC.CC.CC.CC.CC.CC.CC.CC.CC.CC.CC.CC.CC.CC.CC.CC.CC.CC.CC.CC.CC.CC.CC.CC.CC.CC.CC.CC.CC.CC.CC(C)(C)C.CCC.CCC. The van der Waals surface area contributed by atoms with Crippen molar-refractivity contribution in [2.24, 2.45) is 5.41 Å². The Bertz CT molecular complexity index is 30.5. The molecule has 0 bridgehead atoms. The zero-order chi connectivity index (χ0) is 106. The molecule has 0 radical (unpaired) electrons. The van der Waals surface area contributed by atoms with Crippen LogP contribution in [0.1, 0.15) is 733 Å². The molecule has 0 nitrogen and oxygen atoms in total. The molecule has 0 aliphatic heterocycles. The lowest BCUT2D eigenvalue weighted by Crippen LogP contribution is -1.93. The first kappa shape index (κ1) is 383. The predicted octanol–water partition coefficient (Wildman–Crippen LogP) is 54.1. The van der Waals surface area contributed by atoms with Crippen molar-refractivity contribution in [3.05, 3.63) is 0 Å². The summed E-state index contributed by atoms with van der Waals surface area (Å²) in [4.78, 5) is 0. The minimum absolute atomic E-state index is 0.500. The van der Waals surface area contributed by atoms with Gasteiger partial charge in [0.2, 0.25) is 0 Å². The van der Waals surface area contributed by atoms with E-state index in [4.69, 9.17) is 0 Å². The molecule has 744 valence electrons. The van der Waals surface area contributed by atoms with Crippen molar-refractivity contribution < 1.29 is 0 Å². The summed E-state index contributed by atoms with van der Waals surface area (Å²) in [7, 11) is 0. The topological polar surface area (TPSA) is 0 Å². The molecule has 0 aliphatic carbocycles. The third-order valence-electron chi connectivity index (χ3n) is 0. The number of rotatable bonds is 0. The summed E-state index contributed by atoms with van der Waals surface area (Å²) in [6, 6.07) is 0. The first-order chi connectivity index (χ1) is 52.8. The third-order valence-corrected chi connectivity index (χ3v) is 0. The van der Waals surface area contributed by atoms with E-state index in [0.717, 1.165) is 0 Å². The van der Waals surface area contributed by atoms with Crippen molar-refractivity contribution in [2.45, 2.75) is 733 Å². The van der Waals surface area contributed by atoms with Crippen LogP contribution in [0, 0.1) is 5.41 Å². The fraction of sp³-hybridized carbons (Fsp3) is 1.00. The highest BCUT2D eigenvalue weighted by Gasteiger charge is 1.95. The largest absolute Gasteiger partial charge is 0.0683 e. The van der Waals surface area contributed by atoms with Crippen LogP contribution in [-0.2, 0) is 0 Å². The van der Waals surface area contributed by atoms with Gasteiger partial charge in [0.05, 0.1) is 0 Å². The van der Waals surface area contributed by atoms with E-state index in [-0.39, 0.29) is 0 Å². The normalized spacial score (nSPS) is 3.59. The number of hydrogen-bond acceptors (Lipinski definition) is 0. The Labute approximate surface area is 734 Å². The lowest BCUT2D eigenvalue weighted by atomic mass is 10.0. The molecule has 0 fully saturated rings. The van der Waals surface area contributed by atoms with Crippen LogP contribution in [0.5, 0.6) is 0 Å². The lowest BCUT2D eigenvalue weighted by Gasteiger charge is -2.05. The molecular formula is C107H316. The second-order valence-corrected chi connectivity index (χ2v) is 4.41. The van der Waals surface area contributed by atoms with Crippen molar-refractivity contribution in [3.8, 4) is 0 Å². The van der Waals surface area contributed by atoms with E-state index in [1.165, 1.54) is 12.8 Å². The Morgan fingerprint density at radius 2 is 0.0748 bits per heavy atom. The van der Waals surface area contributed by atoms with Crippen LogP contribution in [0.25, 0.3) is 0 Å². The van der Waals surface area contributed by atoms with Crippen molar-refractivity contribution in [1.29, 1.82) is 0 Å². The first-order valence-electron chi connectivity index (χ1n) is 52.8. The standard InChI is InChI=1S/C5H12.2C3H8.48C2H6/c1-5(2,3)4;2*1-3-2;48*1-2/h1-4H3;2*3H2,1-2H3;48*1-2H3. The van der Waals surface area contributed by atoms with Gasteiger partial charge in [0.15, 0.2) is 0 Å². The second-order valence-electron chi connectivity index (χ2n) is 4.41. The molecule has 0 saturated heterocycles.